The molecule has 0 amide bonds. The third-order valence-electron chi connectivity index (χ3n) is 3.37. The predicted octanol–water partition coefficient (Wildman–Crippen LogP) is 0.733. The summed E-state index contributed by atoms with van der Waals surface area (Å²) in [4.78, 5) is 12.7. The largest absolute Gasteiger partial charge is 0.482 e. The summed E-state index contributed by atoms with van der Waals surface area (Å²) in [6.45, 7) is 3.01. The predicted molar refractivity (Wildman–Crippen MR) is 76.3 cm³/mol. The van der Waals surface area contributed by atoms with Crippen molar-refractivity contribution in [3.63, 3.8) is 0 Å². The van der Waals surface area contributed by atoms with Gasteiger partial charge in [0.05, 0.1) is 12.7 Å². The van der Waals surface area contributed by atoms with Crippen LogP contribution in [0.5, 0.6) is 5.75 Å². The Morgan fingerprint density at radius 1 is 1.38 bits per heavy atom. The molecule has 0 aromatic heterocycles. The monoisotopic (exact) mass is 295 g/mol. The van der Waals surface area contributed by atoms with Crippen LogP contribution in [-0.4, -0.2) is 60.1 Å². The van der Waals surface area contributed by atoms with Crippen LogP contribution in [0.4, 0.5) is 0 Å². The average molecular weight is 295 g/mol. The summed E-state index contributed by atoms with van der Waals surface area (Å²) < 4.78 is 10.7. The highest BCUT2D eigenvalue weighted by atomic mass is 16.5. The molecule has 1 heterocycles. The molecule has 1 aromatic carbocycles. The lowest BCUT2D eigenvalue weighted by molar-refractivity contribution is -0.139. The first-order chi connectivity index (χ1) is 10.2. The van der Waals surface area contributed by atoms with Crippen LogP contribution in [-0.2, 0) is 16.1 Å². The first-order valence-electron chi connectivity index (χ1n) is 7.05. The van der Waals surface area contributed by atoms with E-state index in [0.29, 0.717) is 18.8 Å². The third-order valence-corrected chi connectivity index (χ3v) is 3.37. The molecule has 1 atom stereocenters. The molecule has 0 unspecified atom stereocenters. The van der Waals surface area contributed by atoms with Crippen LogP contribution < -0.4 is 4.74 Å². The van der Waals surface area contributed by atoms with E-state index in [1.54, 1.807) is 12.1 Å². The van der Waals surface area contributed by atoms with Gasteiger partial charge < -0.3 is 19.7 Å². The number of benzene rings is 1. The number of morpholine rings is 1. The van der Waals surface area contributed by atoms with E-state index < -0.39 is 5.97 Å². The zero-order valence-electron chi connectivity index (χ0n) is 11.9. The summed E-state index contributed by atoms with van der Waals surface area (Å²) in [7, 11) is 0. The molecular weight excluding hydrogens is 274 g/mol. The lowest BCUT2D eigenvalue weighted by Crippen LogP contribution is -2.42. The second kappa shape index (κ2) is 7.97. The molecule has 6 heteroatoms. The number of nitrogens with zero attached hydrogens (tertiary/aromatic N) is 1. The Kier molecular flexibility index (Phi) is 5.98. The summed E-state index contributed by atoms with van der Waals surface area (Å²) in [5.41, 5.74) is 1.14. The smallest absolute Gasteiger partial charge is 0.341 e. The van der Waals surface area contributed by atoms with Gasteiger partial charge in [0.2, 0.25) is 0 Å². The molecule has 0 saturated carbocycles. The average Bonchev–Trinajstić information content (AvgIpc) is 2.47. The minimum Gasteiger partial charge on any atom is -0.482 e. The van der Waals surface area contributed by atoms with E-state index >= 15 is 0 Å². The van der Waals surface area contributed by atoms with E-state index in [2.05, 4.69) is 4.90 Å². The molecule has 0 radical (unpaired) electrons. The molecule has 1 aliphatic heterocycles. The zero-order valence-corrected chi connectivity index (χ0v) is 11.9. The molecule has 1 fully saturated rings. The van der Waals surface area contributed by atoms with Crippen LogP contribution in [0.1, 0.15) is 12.0 Å². The minimum atomic E-state index is -0.984. The fraction of sp³-hybridized carbons (Fsp3) is 0.533. The third kappa shape index (κ3) is 5.34. The number of rotatable bonds is 7. The van der Waals surface area contributed by atoms with Crippen LogP contribution in [0, 0.1) is 0 Å². The zero-order chi connectivity index (χ0) is 15.1. The first-order valence-corrected chi connectivity index (χ1v) is 7.05. The normalized spacial score (nSPS) is 19.4. The second-order valence-electron chi connectivity index (χ2n) is 5.07. The number of aliphatic hydroxyl groups excluding tert-OH is 1. The van der Waals surface area contributed by atoms with E-state index in [0.717, 1.165) is 25.2 Å². The van der Waals surface area contributed by atoms with Crippen molar-refractivity contribution in [2.24, 2.45) is 0 Å². The fourth-order valence-electron chi connectivity index (χ4n) is 2.34. The van der Waals surface area contributed by atoms with Crippen LogP contribution in [0.15, 0.2) is 24.3 Å². The van der Waals surface area contributed by atoms with Crippen molar-refractivity contribution in [1.29, 1.82) is 0 Å². The quantitative estimate of drug-likeness (QED) is 0.772. The van der Waals surface area contributed by atoms with Crippen molar-refractivity contribution in [3.05, 3.63) is 29.8 Å². The van der Waals surface area contributed by atoms with Gasteiger partial charge >= 0.3 is 5.97 Å². The maximum atomic E-state index is 10.4. The van der Waals surface area contributed by atoms with Gasteiger partial charge in [-0.2, -0.15) is 0 Å². The summed E-state index contributed by atoms with van der Waals surface area (Å²) >= 11 is 0. The summed E-state index contributed by atoms with van der Waals surface area (Å²) in [5, 5.41) is 17.5. The van der Waals surface area contributed by atoms with Crippen molar-refractivity contribution >= 4 is 5.97 Å². The molecule has 21 heavy (non-hydrogen) atoms. The van der Waals surface area contributed by atoms with E-state index in [1.807, 2.05) is 12.1 Å². The van der Waals surface area contributed by atoms with Gasteiger partial charge in [0.25, 0.3) is 0 Å². The molecule has 1 aliphatic rings. The molecule has 2 rings (SSSR count). The summed E-state index contributed by atoms with van der Waals surface area (Å²) in [6, 6.07) is 7.44. The molecule has 6 nitrogen and oxygen atoms in total. The van der Waals surface area contributed by atoms with Crippen molar-refractivity contribution < 1.29 is 24.5 Å². The Labute approximate surface area is 123 Å². The highest BCUT2D eigenvalue weighted by molar-refractivity contribution is 5.68. The van der Waals surface area contributed by atoms with E-state index in [4.69, 9.17) is 19.7 Å². The molecule has 1 saturated heterocycles. The maximum Gasteiger partial charge on any atom is 0.341 e. The standard InChI is InChI=1S/C15H21NO5/c17-7-5-14-10-16(6-8-20-14)9-12-1-3-13(4-2-12)21-11-15(18)19/h1-4,14,17H,5-11H2,(H,18,19)/t14-/m1/s1. The van der Waals surface area contributed by atoms with Crippen LogP contribution in [0.3, 0.4) is 0 Å². The van der Waals surface area contributed by atoms with Gasteiger partial charge in [-0.3, -0.25) is 4.90 Å². The van der Waals surface area contributed by atoms with Crippen molar-refractivity contribution in [3.8, 4) is 5.75 Å². The summed E-state index contributed by atoms with van der Waals surface area (Å²) in [6.07, 6.45) is 0.764. The Morgan fingerprint density at radius 3 is 2.81 bits per heavy atom. The number of aliphatic carboxylic acids is 1. The van der Waals surface area contributed by atoms with E-state index in [1.165, 1.54) is 0 Å². The number of carboxylic acids is 1. The number of ether oxygens (including phenoxy) is 2. The van der Waals surface area contributed by atoms with Crippen LogP contribution in [0.25, 0.3) is 0 Å². The molecule has 1 aromatic rings. The van der Waals surface area contributed by atoms with Crippen LogP contribution in [0.2, 0.25) is 0 Å². The van der Waals surface area contributed by atoms with Gasteiger partial charge in [-0.05, 0) is 24.1 Å². The van der Waals surface area contributed by atoms with E-state index in [-0.39, 0.29) is 19.3 Å². The Morgan fingerprint density at radius 2 is 2.14 bits per heavy atom. The molecule has 0 aliphatic carbocycles. The first kappa shape index (κ1) is 15.8. The fourth-order valence-corrected chi connectivity index (χ4v) is 2.34. The van der Waals surface area contributed by atoms with Crippen molar-refractivity contribution in [1.82, 2.24) is 4.90 Å². The second-order valence-corrected chi connectivity index (χ2v) is 5.07. The van der Waals surface area contributed by atoms with Gasteiger partial charge in [0.15, 0.2) is 6.61 Å². The van der Waals surface area contributed by atoms with E-state index in [9.17, 15) is 4.79 Å². The molecule has 2 N–H and O–H groups in total. The SMILES string of the molecule is O=C(O)COc1ccc(CN2CCO[C@H](CCO)C2)cc1. The van der Waals surface area contributed by atoms with Crippen LogP contribution >= 0.6 is 0 Å². The topological polar surface area (TPSA) is 79.2 Å². The minimum absolute atomic E-state index is 0.0990. The van der Waals surface area contributed by atoms with Crippen molar-refractivity contribution in [2.45, 2.75) is 19.1 Å². The van der Waals surface area contributed by atoms with Gasteiger partial charge in [-0.25, -0.2) is 4.79 Å². The lowest BCUT2D eigenvalue weighted by Gasteiger charge is -2.32. The van der Waals surface area contributed by atoms with Gasteiger partial charge in [0, 0.05) is 26.2 Å². The highest BCUT2D eigenvalue weighted by Crippen LogP contribution is 2.16. The highest BCUT2D eigenvalue weighted by Gasteiger charge is 2.19. The van der Waals surface area contributed by atoms with Gasteiger partial charge in [0.1, 0.15) is 5.75 Å². The Bertz CT molecular complexity index is 446. The van der Waals surface area contributed by atoms with Gasteiger partial charge in [-0.15, -0.1) is 0 Å². The molecule has 0 spiro atoms. The Hall–Kier alpha value is -1.63. The van der Waals surface area contributed by atoms with Gasteiger partial charge in [-0.1, -0.05) is 12.1 Å². The maximum absolute atomic E-state index is 10.4. The number of carboxylic acid groups (broad SMARTS) is 1. The van der Waals surface area contributed by atoms with Crippen molar-refractivity contribution in [2.75, 3.05) is 32.9 Å². The summed E-state index contributed by atoms with van der Waals surface area (Å²) in [5.74, 6) is -0.427. The molecular formula is C15H21NO5. The number of hydrogen-bond acceptors (Lipinski definition) is 5. The number of carbonyl (C=O) groups is 1. The number of aliphatic hydroxyl groups is 1. The number of hydrogen-bond donors (Lipinski definition) is 2. The molecule has 0 bridgehead atoms. The Balaban J connectivity index is 1.83. The molecule has 116 valence electrons. The lowest BCUT2D eigenvalue weighted by atomic mass is 10.1.